The predicted molar refractivity (Wildman–Crippen MR) is 72.7 cm³/mol. The van der Waals surface area contributed by atoms with E-state index in [-0.39, 0.29) is 29.8 Å². The van der Waals surface area contributed by atoms with Crippen LogP contribution in [0.3, 0.4) is 0 Å². The maximum atomic E-state index is 12.1. The molecule has 0 aliphatic carbocycles. The highest BCUT2D eigenvalue weighted by molar-refractivity contribution is 5.88. The molecule has 1 rings (SSSR count). The summed E-state index contributed by atoms with van der Waals surface area (Å²) in [6.45, 7) is 5.93. The number of nitrogens with one attached hydrogen (secondary N) is 3. The van der Waals surface area contributed by atoms with Crippen LogP contribution >= 0.6 is 0 Å². The third-order valence-corrected chi connectivity index (χ3v) is 3.44. The van der Waals surface area contributed by atoms with Crippen molar-refractivity contribution in [2.45, 2.75) is 32.7 Å². The number of ether oxygens (including phenoxy) is 1. The number of carbonyl (C=O) groups is 2. The Kier molecular flexibility index (Phi) is 6.24. The van der Waals surface area contributed by atoms with Crippen LogP contribution in [0.1, 0.15) is 26.7 Å². The van der Waals surface area contributed by atoms with Crippen molar-refractivity contribution >= 4 is 11.8 Å². The minimum absolute atomic E-state index is 0.0107. The Morgan fingerprint density at radius 1 is 1.37 bits per heavy atom. The summed E-state index contributed by atoms with van der Waals surface area (Å²) >= 11 is 0. The van der Waals surface area contributed by atoms with E-state index in [0.717, 1.165) is 19.4 Å². The van der Waals surface area contributed by atoms with Crippen LogP contribution in [0.25, 0.3) is 0 Å². The van der Waals surface area contributed by atoms with Gasteiger partial charge in [-0.15, -0.1) is 0 Å². The monoisotopic (exact) mass is 271 g/mol. The van der Waals surface area contributed by atoms with Crippen LogP contribution in [0.2, 0.25) is 0 Å². The van der Waals surface area contributed by atoms with E-state index in [1.807, 2.05) is 0 Å². The standard InChI is InChI=1S/C13H25N3O3/c1-13(2)5-4-6-15-11(13)12(18)16-9-10(17)14-7-8-19-3/h11,15H,4-9H2,1-3H3,(H,14,17)(H,16,18). The molecule has 6 nitrogen and oxygen atoms in total. The van der Waals surface area contributed by atoms with Gasteiger partial charge in [-0.3, -0.25) is 9.59 Å². The average molecular weight is 271 g/mol. The van der Waals surface area contributed by atoms with Gasteiger partial charge in [0.1, 0.15) is 0 Å². The quantitative estimate of drug-likeness (QED) is 0.577. The van der Waals surface area contributed by atoms with Crippen molar-refractivity contribution in [1.29, 1.82) is 0 Å². The van der Waals surface area contributed by atoms with Gasteiger partial charge >= 0.3 is 0 Å². The highest BCUT2D eigenvalue weighted by Crippen LogP contribution is 2.29. The fourth-order valence-electron chi connectivity index (χ4n) is 2.28. The first-order valence-corrected chi connectivity index (χ1v) is 6.74. The highest BCUT2D eigenvalue weighted by Gasteiger charge is 2.36. The number of amides is 2. The molecule has 6 heteroatoms. The summed E-state index contributed by atoms with van der Waals surface area (Å²) in [5.74, 6) is -0.300. The Labute approximate surface area is 114 Å². The third kappa shape index (κ3) is 5.16. The molecule has 0 saturated carbocycles. The number of piperidine rings is 1. The lowest BCUT2D eigenvalue weighted by atomic mass is 9.77. The molecule has 0 spiro atoms. The van der Waals surface area contributed by atoms with Crippen LogP contribution in [-0.4, -0.2) is 51.2 Å². The summed E-state index contributed by atoms with van der Waals surface area (Å²) in [6.07, 6.45) is 2.09. The lowest BCUT2D eigenvalue weighted by molar-refractivity contribution is -0.129. The maximum Gasteiger partial charge on any atom is 0.239 e. The van der Waals surface area contributed by atoms with E-state index in [1.54, 1.807) is 7.11 Å². The van der Waals surface area contributed by atoms with Crippen molar-refractivity contribution in [3.05, 3.63) is 0 Å². The molecule has 1 aliphatic heterocycles. The van der Waals surface area contributed by atoms with Crippen LogP contribution in [0.4, 0.5) is 0 Å². The summed E-state index contributed by atoms with van der Waals surface area (Å²) in [5, 5.41) is 8.57. The van der Waals surface area contributed by atoms with E-state index in [0.29, 0.717) is 13.2 Å². The second kappa shape index (κ2) is 7.45. The predicted octanol–water partition coefficient (Wildman–Crippen LogP) is -0.357. The van der Waals surface area contributed by atoms with E-state index in [2.05, 4.69) is 29.8 Å². The first kappa shape index (κ1) is 15.9. The molecule has 1 unspecified atom stereocenters. The molecule has 0 aromatic rings. The van der Waals surface area contributed by atoms with Crippen molar-refractivity contribution in [1.82, 2.24) is 16.0 Å². The van der Waals surface area contributed by atoms with E-state index < -0.39 is 0 Å². The topological polar surface area (TPSA) is 79.5 Å². The number of hydrogen-bond donors (Lipinski definition) is 3. The second-order valence-electron chi connectivity index (χ2n) is 5.54. The molecule has 0 radical (unpaired) electrons. The molecule has 110 valence electrons. The molecule has 2 amide bonds. The summed E-state index contributed by atoms with van der Waals surface area (Å²) in [5.41, 5.74) is -0.0745. The number of hydrogen-bond acceptors (Lipinski definition) is 4. The van der Waals surface area contributed by atoms with Gasteiger partial charge in [-0.2, -0.15) is 0 Å². The second-order valence-corrected chi connectivity index (χ2v) is 5.54. The summed E-state index contributed by atoms with van der Waals surface area (Å²) < 4.78 is 4.83. The zero-order valence-corrected chi connectivity index (χ0v) is 12.0. The Balaban J connectivity index is 2.32. The molecule has 3 N–H and O–H groups in total. The molecule has 1 atom stereocenters. The van der Waals surface area contributed by atoms with E-state index in [9.17, 15) is 9.59 Å². The first-order valence-electron chi connectivity index (χ1n) is 6.74. The Morgan fingerprint density at radius 3 is 2.74 bits per heavy atom. The van der Waals surface area contributed by atoms with E-state index >= 15 is 0 Å². The van der Waals surface area contributed by atoms with Gasteiger partial charge in [0, 0.05) is 13.7 Å². The zero-order valence-electron chi connectivity index (χ0n) is 12.0. The average Bonchev–Trinajstić information content (AvgIpc) is 2.36. The lowest BCUT2D eigenvalue weighted by Gasteiger charge is -2.38. The van der Waals surface area contributed by atoms with E-state index in [4.69, 9.17) is 4.74 Å². The Bertz CT molecular complexity index is 318. The lowest BCUT2D eigenvalue weighted by Crippen LogP contribution is -2.56. The highest BCUT2D eigenvalue weighted by atomic mass is 16.5. The van der Waals surface area contributed by atoms with Crippen molar-refractivity contribution in [3.8, 4) is 0 Å². The summed E-state index contributed by atoms with van der Waals surface area (Å²) in [4.78, 5) is 23.5. The molecule has 0 bridgehead atoms. The van der Waals surface area contributed by atoms with Gasteiger partial charge in [-0.1, -0.05) is 13.8 Å². The van der Waals surface area contributed by atoms with Gasteiger partial charge < -0.3 is 20.7 Å². The Hall–Kier alpha value is -1.14. The van der Waals surface area contributed by atoms with Gasteiger partial charge in [0.05, 0.1) is 19.2 Å². The first-order chi connectivity index (χ1) is 8.97. The van der Waals surface area contributed by atoms with Crippen molar-refractivity contribution < 1.29 is 14.3 Å². The minimum atomic E-state index is -0.229. The van der Waals surface area contributed by atoms with Gasteiger partial charge in [0.25, 0.3) is 0 Å². The molecule has 1 saturated heterocycles. The van der Waals surface area contributed by atoms with Crippen LogP contribution < -0.4 is 16.0 Å². The molecule has 0 aromatic carbocycles. The van der Waals surface area contributed by atoms with Crippen LogP contribution in [0.5, 0.6) is 0 Å². The van der Waals surface area contributed by atoms with Gasteiger partial charge in [0.15, 0.2) is 0 Å². The SMILES string of the molecule is COCCNC(=O)CNC(=O)C1NCCCC1(C)C. The molecule has 0 aromatic heterocycles. The number of carbonyl (C=O) groups excluding carboxylic acids is 2. The molecular weight excluding hydrogens is 246 g/mol. The fourth-order valence-corrected chi connectivity index (χ4v) is 2.28. The maximum absolute atomic E-state index is 12.1. The van der Waals surface area contributed by atoms with Gasteiger partial charge in [-0.05, 0) is 24.8 Å². The van der Waals surface area contributed by atoms with Crippen LogP contribution in [0, 0.1) is 5.41 Å². The molecule has 19 heavy (non-hydrogen) atoms. The third-order valence-electron chi connectivity index (χ3n) is 3.44. The summed E-state index contributed by atoms with van der Waals surface area (Å²) in [7, 11) is 1.57. The van der Waals surface area contributed by atoms with Crippen molar-refractivity contribution in [2.24, 2.45) is 5.41 Å². The zero-order chi connectivity index (χ0) is 14.3. The number of rotatable bonds is 6. The molecular formula is C13H25N3O3. The normalized spacial score (nSPS) is 21.7. The minimum Gasteiger partial charge on any atom is -0.383 e. The van der Waals surface area contributed by atoms with Gasteiger partial charge in [0.2, 0.25) is 11.8 Å². The Morgan fingerprint density at radius 2 is 2.11 bits per heavy atom. The van der Waals surface area contributed by atoms with Gasteiger partial charge in [-0.25, -0.2) is 0 Å². The van der Waals surface area contributed by atoms with Crippen molar-refractivity contribution in [3.63, 3.8) is 0 Å². The molecule has 1 fully saturated rings. The molecule has 1 aliphatic rings. The smallest absolute Gasteiger partial charge is 0.239 e. The van der Waals surface area contributed by atoms with E-state index in [1.165, 1.54) is 0 Å². The van der Waals surface area contributed by atoms with Crippen LogP contribution in [-0.2, 0) is 14.3 Å². The number of methoxy groups -OCH3 is 1. The largest absolute Gasteiger partial charge is 0.383 e. The van der Waals surface area contributed by atoms with Crippen molar-refractivity contribution in [2.75, 3.05) is 33.4 Å². The summed E-state index contributed by atoms with van der Waals surface area (Å²) in [6, 6.07) is -0.229. The fraction of sp³-hybridized carbons (Fsp3) is 0.846. The molecule has 1 heterocycles. The van der Waals surface area contributed by atoms with Crippen LogP contribution in [0.15, 0.2) is 0 Å².